The Labute approximate surface area is 119 Å². The molecular weight excluding hydrogens is 258 g/mol. The first-order valence-electron chi connectivity index (χ1n) is 6.32. The zero-order chi connectivity index (χ0) is 13.8. The highest BCUT2D eigenvalue weighted by Crippen LogP contribution is 2.30. The molecule has 1 heterocycles. The fraction of sp³-hybridized carbons (Fsp3) is 0.267. The summed E-state index contributed by atoms with van der Waals surface area (Å²) in [4.78, 5) is 6.60. The minimum absolute atomic E-state index is 0.597. The average molecular weight is 276 g/mol. The van der Waals surface area contributed by atoms with E-state index < -0.39 is 0 Å². The van der Waals surface area contributed by atoms with Gasteiger partial charge in [-0.1, -0.05) is 17.7 Å². The van der Waals surface area contributed by atoms with Gasteiger partial charge in [-0.2, -0.15) is 0 Å². The fourth-order valence-electron chi connectivity index (χ4n) is 2.09. The second kappa shape index (κ2) is 5.93. The summed E-state index contributed by atoms with van der Waals surface area (Å²) in [5.74, 6) is 0. The van der Waals surface area contributed by atoms with Gasteiger partial charge in [-0.3, -0.25) is 4.98 Å². The van der Waals surface area contributed by atoms with Crippen molar-refractivity contribution in [2.45, 2.75) is 20.4 Å². The molecule has 0 radical (unpaired) electrons. The van der Waals surface area contributed by atoms with Crippen molar-refractivity contribution in [3.63, 3.8) is 0 Å². The first-order chi connectivity index (χ1) is 9.11. The van der Waals surface area contributed by atoms with Gasteiger partial charge < -0.3 is 10.6 Å². The summed E-state index contributed by atoms with van der Waals surface area (Å²) < 4.78 is 0. The molecule has 0 fully saturated rings. The average Bonchev–Trinajstić information content (AvgIpc) is 2.42. The van der Waals surface area contributed by atoms with Gasteiger partial charge in [0.25, 0.3) is 0 Å². The molecule has 0 unspecified atom stereocenters. The molecule has 1 aromatic heterocycles. The van der Waals surface area contributed by atoms with Crippen LogP contribution in [0.25, 0.3) is 0 Å². The van der Waals surface area contributed by atoms with E-state index in [4.69, 9.17) is 17.3 Å². The number of anilines is 2. The zero-order valence-electron chi connectivity index (χ0n) is 11.2. The Morgan fingerprint density at radius 3 is 2.74 bits per heavy atom. The van der Waals surface area contributed by atoms with E-state index in [0.29, 0.717) is 10.7 Å². The third-order valence-corrected chi connectivity index (χ3v) is 3.44. The monoisotopic (exact) mass is 275 g/mol. The van der Waals surface area contributed by atoms with Crippen LogP contribution in [0.4, 0.5) is 11.4 Å². The molecule has 0 spiro atoms. The van der Waals surface area contributed by atoms with Crippen LogP contribution in [0.1, 0.15) is 18.2 Å². The van der Waals surface area contributed by atoms with Crippen molar-refractivity contribution in [3.8, 4) is 0 Å². The number of nitrogens with two attached hydrogens (primary N) is 1. The predicted molar refractivity (Wildman–Crippen MR) is 81.6 cm³/mol. The maximum atomic E-state index is 6.12. The summed E-state index contributed by atoms with van der Waals surface area (Å²) in [6.45, 7) is 5.81. The quantitative estimate of drug-likeness (QED) is 0.866. The number of nitrogen functional groups attached to an aromatic ring is 1. The van der Waals surface area contributed by atoms with Gasteiger partial charge in [-0.25, -0.2) is 0 Å². The molecule has 0 bridgehead atoms. The highest BCUT2D eigenvalue weighted by molar-refractivity contribution is 6.33. The summed E-state index contributed by atoms with van der Waals surface area (Å²) >= 11 is 6.12. The number of pyridine rings is 1. The van der Waals surface area contributed by atoms with E-state index in [9.17, 15) is 0 Å². The summed E-state index contributed by atoms with van der Waals surface area (Å²) in [6, 6.07) is 9.79. The van der Waals surface area contributed by atoms with Gasteiger partial charge in [0.1, 0.15) is 0 Å². The molecule has 0 atom stereocenters. The van der Waals surface area contributed by atoms with Crippen molar-refractivity contribution < 1.29 is 0 Å². The Balaban J connectivity index is 2.30. The maximum absolute atomic E-state index is 6.12. The Bertz CT molecular complexity index is 555. The molecule has 0 amide bonds. The molecule has 0 saturated heterocycles. The van der Waals surface area contributed by atoms with Crippen molar-refractivity contribution >= 4 is 23.0 Å². The van der Waals surface area contributed by atoms with Crippen LogP contribution >= 0.6 is 11.6 Å². The number of rotatable bonds is 4. The van der Waals surface area contributed by atoms with E-state index in [1.165, 1.54) is 0 Å². The van der Waals surface area contributed by atoms with Crippen LogP contribution < -0.4 is 10.6 Å². The number of benzene rings is 1. The first kappa shape index (κ1) is 13.7. The molecule has 2 aromatic rings. The van der Waals surface area contributed by atoms with Crippen LogP contribution in [0.5, 0.6) is 0 Å². The molecule has 2 N–H and O–H groups in total. The Hall–Kier alpha value is -1.74. The number of hydrogen-bond donors (Lipinski definition) is 1. The lowest BCUT2D eigenvalue weighted by Crippen LogP contribution is -2.23. The molecule has 19 heavy (non-hydrogen) atoms. The van der Waals surface area contributed by atoms with E-state index in [1.54, 1.807) is 0 Å². The van der Waals surface area contributed by atoms with E-state index in [1.807, 2.05) is 43.5 Å². The Morgan fingerprint density at radius 1 is 1.32 bits per heavy atom. The smallest absolute Gasteiger partial charge is 0.0656 e. The lowest BCUT2D eigenvalue weighted by atomic mass is 10.1. The van der Waals surface area contributed by atoms with Crippen LogP contribution in [0.15, 0.2) is 36.5 Å². The minimum atomic E-state index is 0.597. The molecule has 0 aliphatic rings. The van der Waals surface area contributed by atoms with Crippen molar-refractivity contribution in [1.29, 1.82) is 0 Å². The second-order valence-electron chi connectivity index (χ2n) is 4.50. The SMILES string of the molecule is CCN(Cc1ccccn1)c1cc(Cl)c(N)cc1C. The third kappa shape index (κ3) is 3.18. The van der Waals surface area contributed by atoms with E-state index >= 15 is 0 Å². The van der Waals surface area contributed by atoms with E-state index in [-0.39, 0.29) is 0 Å². The molecule has 1 aromatic carbocycles. The van der Waals surface area contributed by atoms with Gasteiger partial charge in [0.15, 0.2) is 0 Å². The summed E-state index contributed by atoms with van der Waals surface area (Å²) in [5, 5.41) is 0.597. The lowest BCUT2D eigenvalue weighted by Gasteiger charge is -2.25. The predicted octanol–water partition coefficient (Wildman–Crippen LogP) is 3.65. The van der Waals surface area contributed by atoms with Crippen LogP contribution in [0.3, 0.4) is 0 Å². The molecule has 100 valence electrons. The van der Waals surface area contributed by atoms with Crippen molar-refractivity contribution in [2.75, 3.05) is 17.2 Å². The van der Waals surface area contributed by atoms with E-state index in [2.05, 4.69) is 16.8 Å². The van der Waals surface area contributed by atoms with Crippen LogP contribution in [0, 0.1) is 6.92 Å². The van der Waals surface area contributed by atoms with Gasteiger partial charge >= 0.3 is 0 Å². The van der Waals surface area contributed by atoms with Crippen molar-refractivity contribution in [3.05, 3.63) is 52.8 Å². The van der Waals surface area contributed by atoms with Gasteiger partial charge in [-0.15, -0.1) is 0 Å². The number of aromatic nitrogens is 1. The van der Waals surface area contributed by atoms with Crippen LogP contribution in [-0.2, 0) is 6.54 Å². The highest BCUT2D eigenvalue weighted by Gasteiger charge is 2.11. The van der Waals surface area contributed by atoms with Crippen LogP contribution in [0.2, 0.25) is 5.02 Å². The molecule has 4 heteroatoms. The standard InChI is InChI=1S/C15H18ClN3/c1-3-19(10-12-6-4-5-7-18-12)15-9-13(16)14(17)8-11(15)2/h4-9H,3,10,17H2,1-2H3. The molecule has 2 rings (SSSR count). The fourth-order valence-corrected chi connectivity index (χ4v) is 2.25. The summed E-state index contributed by atoms with van der Waals surface area (Å²) in [7, 11) is 0. The zero-order valence-corrected chi connectivity index (χ0v) is 12.0. The molecule has 0 saturated carbocycles. The normalized spacial score (nSPS) is 10.5. The molecule has 0 aliphatic heterocycles. The Kier molecular flexibility index (Phi) is 4.27. The summed E-state index contributed by atoms with van der Waals surface area (Å²) in [5.41, 5.74) is 9.71. The highest BCUT2D eigenvalue weighted by atomic mass is 35.5. The van der Waals surface area contributed by atoms with Crippen molar-refractivity contribution in [2.24, 2.45) is 0 Å². The molecule has 3 nitrogen and oxygen atoms in total. The number of aryl methyl sites for hydroxylation is 1. The topological polar surface area (TPSA) is 42.2 Å². The Morgan fingerprint density at radius 2 is 2.11 bits per heavy atom. The minimum Gasteiger partial charge on any atom is -0.398 e. The summed E-state index contributed by atoms with van der Waals surface area (Å²) in [6.07, 6.45) is 1.81. The number of halogens is 1. The third-order valence-electron chi connectivity index (χ3n) is 3.12. The van der Waals surface area contributed by atoms with Gasteiger partial charge in [0.2, 0.25) is 0 Å². The largest absolute Gasteiger partial charge is 0.398 e. The van der Waals surface area contributed by atoms with Crippen LogP contribution in [-0.4, -0.2) is 11.5 Å². The van der Waals surface area contributed by atoms with Crippen molar-refractivity contribution in [1.82, 2.24) is 4.98 Å². The second-order valence-corrected chi connectivity index (χ2v) is 4.90. The lowest BCUT2D eigenvalue weighted by molar-refractivity contribution is 0.806. The maximum Gasteiger partial charge on any atom is 0.0656 e. The number of hydrogen-bond acceptors (Lipinski definition) is 3. The van der Waals surface area contributed by atoms with Gasteiger partial charge in [0, 0.05) is 18.4 Å². The molecule has 0 aliphatic carbocycles. The first-order valence-corrected chi connectivity index (χ1v) is 6.70. The molecular formula is C15H18ClN3. The number of nitrogens with zero attached hydrogens (tertiary/aromatic N) is 2. The van der Waals surface area contributed by atoms with E-state index in [0.717, 1.165) is 30.0 Å². The van der Waals surface area contributed by atoms with Gasteiger partial charge in [0.05, 0.1) is 22.9 Å². The van der Waals surface area contributed by atoms with Gasteiger partial charge in [-0.05, 0) is 43.7 Å².